The van der Waals surface area contributed by atoms with E-state index in [1.807, 2.05) is 11.8 Å². The summed E-state index contributed by atoms with van der Waals surface area (Å²) in [6.07, 6.45) is 2.81. The molecule has 2 heterocycles. The molecular formula is C13H24N2O3S. The summed E-state index contributed by atoms with van der Waals surface area (Å²) in [5, 5.41) is 3.35. The molecule has 1 amide bonds. The van der Waals surface area contributed by atoms with Gasteiger partial charge in [0.1, 0.15) is 0 Å². The topological polar surface area (TPSA) is 66.5 Å². The number of carbonyl (C=O) groups is 1. The molecule has 0 saturated carbocycles. The molecule has 0 aromatic rings. The Hall–Kier alpha value is -0.620. The maximum atomic E-state index is 12.4. The van der Waals surface area contributed by atoms with Crippen molar-refractivity contribution in [3.05, 3.63) is 0 Å². The van der Waals surface area contributed by atoms with Crippen LogP contribution in [-0.2, 0) is 14.6 Å². The van der Waals surface area contributed by atoms with Gasteiger partial charge in [-0.15, -0.1) is 0 Å². The second-order valence-electron chi connectivity index (χ2n) is 5.69. The van der Waals surface area contributed by atoms with Crippen LogP contribution in [0.25, 0.3) is 0 Å². The van der Waals surface area contributed by atoms with E-state index in [1.165, 1.54) is 0 Å². The highest BCUT2D eigenvalue weighted by Crippen LogP contribution is 2.22. The largest absolute Gasteiger partial charge is 0.342 e. The summed E-state index contributed by atoms with van der Waals surface area (Å²) in [7, 11) is -2.98. The molecule has 0 aromatic heterocycles. The Morgan fingerprint density at radius 1 is 1.37 bits per heavy atom. The number of hydrogen-bond donors (Lipinski definition) is 1. The molecule has 5 nitrogen and oxygen atoms in total. The molecule has 0 bridgehead atoms. The van der Waals surface area contributed by atoms with Crippen LogP contribution in [0, 0.1) is 11.8 Å². The molecule has 2 aliphatic heterocycles. The van der Waals surface area contributed by atoms with Crippen LogP contribution >= 0.6 is 0 Å². The zero-order valence-corrected chi connectivity index (χ0v) is 12.4. The monoisotopic (exact) mass is 288 g/mol. The van der Waals surface area contributed by atoms with Gasteiger partial charge in [-0.2, -0.15) is 0 Å². The van der Waals surface area contributed by atoms with Gasteiger partial charge in [0.05, 0.1) is 17.4 Å². The fourth-order valence-electron chi connectivity index (χ4n) is 3.01. The number of carbonyl (C=O) groups excluding carboxylic acids is 1. The lowest BCUT2D eigenvalue weighted by atomic mass is 9.98. The average Bonchev–Trinajstić information content (AvgIpc) is 2.77. The molecule has 2 atom stereocenters. The summed E-state index contributed by atoms with van der Waals surface area (Å²) in [5.41, 5.74) is 0. The number of piperidine rings is 1. The van der Waals surface area contributed by atoms with Crippen molar-refractivity contribution in [2.24, 2.45) is 11.8 Å². The quantitative estimate of drug-likeness (QED) is 0.806. The van der Waals surface area contributed by atoms with E-state index in [0.29, 0.717) is 18.9 Å². The molecule has 110 valence electrons. The van der Waals surface area contributed by atoms with E-state index in [2.05, 4.69) is 5.32 Å². The molecule has 0 aromatic carbocycles. The van der Waals surface area contributed by atoms with E-state index in [1.54, 1.807) is 0 Å². The summed E-state index contributed by atoms with van der Waals surface area (Å²) >= 11 is 0. The molecule has 0 radical (unpaired) electrons. The highest BCUT2D eigenvalue weighted by atomic mass is 32.2. The second-order valence-corrected chi connectivity index (χ2v) is 7.92. The van der Waals surface area contributed by atoms with Gasteiger partial charge in [-0.1, -0.05) is 0 Å². The van der Waals surface area contributed by atoms with Crippen molar-refractivity contribution in [1.29, 1.82) is 0 Å². The van der Waals surface area contributed by atoms with Gasteiger partial charge in [0, 0.05) is 13.1 Å². The predicted octanol–water partition coefficient (Wildman–Crippen LogP) is 0.269. The van der Waals surface area contributed by atoms with Gasteiger partial charge in [0.2, 0.25) is 5.91 Å². The van der Waals surface area contributed by atoms with Crippen molar-refractivity contribution < 1.29 is 13.2 Å². The Bertz CT molecular complexity index is 416. The van der Waals surface area contributed by atoms with Crippen molar-refractivity contribution in [2.45, 2.75) is 26.2 Å². The third-order valence-electron chi connectivity index (χ3n) is 4.15. The van der Waals surface area contributed by atoms with Crippen molar-refractivity contribution in [1.82, 2.24) is 10.2 Å². The van der Waals surface area contributed by atoms with Crippen LogP contribution in [-0.4, -0.2) is 56.9 Å². The predicted molar refractivity (Wildman–Crippen MR) is 74.6 cm³/mol. The maximum Gasteiger partial charge on any atom is 0.226 e. The highest BCUT2D eigenvalue weighted by Gasteiger charge is 2.35. The van der Waals surface area contributed by atoms with E-state index in [4.69, 9.17) is 0 Å². The summed E-state index contributed by atoms with van der Waals surface area (Å²) in [6, 6.07) is 0. The zero-order valence-electron chi connectivity index (χ0n) is 11.6. The van der Waals surface area contributed by atoms with Gasteiger partial charge in [0.25, 0.3) is 0 Å². The second kappa shape index (κ2) is 6.22. The molecule has 19 heavy (non-hydrogen) atoms. The van der Waals surface area contributed by atoms with E-state index >= 15 is 0 Å². The number of rotatable bonds is 4. The zero-order chi connectivity index (χ0) is 13.9. The van der Waals surface area contributed by atoms with Crippen LogP contribution in [0.15, 0.2) is 0 Å². The standard InChI is InChI=1S/C13H24N2O3S/c1-2-15(9-11-4-3-6-14-8-11)13(16)12-5-7-19(17,18)10-12/h11-12,14H,2-10H2,1H3. The molecule has 2 aliphatic rings. The van der Waals surface area contributed by atoms with Gasteiger partial charge >= 0.3 is 0 Å². The van der Waals surface area contributed by atoms with Crippen molar-refractivity contribution >= 4 is 15.7 Å². The molecule has 6 heteroatoms. The fraction of sp³-hybridized carbons (Fsp3) is 0.923. The Balaban J connectivity index is 1.91. The van der Waals surface area contributed by atoms with Crippen LogP contribution in [0.5, 0.6) is 0 Å². The molecular weight excluding hydrogens is 264 g/mol. The number of nitrogens with zero attached hydrogens (tertiary/aromatic N) is 1. The van der Waals surface area contributed by atoms with Gasteiger partial charge in [-0.3, -0.25) is 4.79 Å². The van der Waals surface area contributed by atoms with Gasteiger partial charge in [-0.05, 0) is 45.2 Å². The van der Waals surface area contributed by atoms with Crippen molar-refractivity contribution in [3.8, 4) is 0 Å². The molecule has 0 aliphatic carbocycles. The lowest BCUT2D eigenvalue weighted by Crippen LogP contribution is -2.43. The van der Waals surface area contributed by atoms with Crippen molar-refractivity contribution in [3.63, 3.8) is 0 Å². The Morgan fingerprint density at radius 2 is 2.16 bits per heavy atom. The Kier molecular flexibility index (Phi) is 4.84. The Labute approximate surface area is 115 Å². The van der Waals surface area contributed by atoms with Crippen LogP contribution in [0.2, 0.25) is 0 Å². The first-order chi connectivity index (χ1) is 9.02. The van der Waals surface area contributed by atoms with Gasteiger partial charge in [-0.25, -0.2) is 8.42 Å². The third kappa shape index (κ3) is 3.92. The molecule has 2 saturated heterocycles. The molecule has 1 N–H and O–H groups in total. The number of hydrogen-bond acceptors (Lipinski definition) is 4. The van der Waals surface area contributed by atoms with Crippen LogP contribution in [0.1, 0.15) is 26.2 Å². The molecule has 2 unspecified atom stereocenters. The summed E-state index contributed by atoms with van der Waals surface area (Å²) in [5.74, 6) is 0.461. The molecule has 2 rings (SSSR count). The first-order valence-electron chi connectivity index (χ1n) is 7.22. The summed E-state index contributed by atoms with van der Waals surface area (Å²) in [6.45, 7) is 5.44. The Morgan fingerprint density at radius 3 is 2.68 bits per heavy atom. The lowest BCUT2D eigenvalue weighted by Gasteiger charge is -2.30. The van der Waals surface area contributed by atoms with Crippen LogP contribution in [0.3, 0.4) is 0 Å². The van der Waals surface area contributed by atoms with E-state index in [0.717, 1.165) is 32.5 Å². The first kappa shape index (κ1) is 14.8. The first-order valence-corrected chi connectivity index (χ1v) is 9.04. The average molecular weight is 288 g/mol. The molecule has 2 fully saturated rings. The van der Waals surface area contributed by atoms with E-state index in [9.17, 15) is 13.2 Å². The van der Waals surface area contributed by atoms with Crippen molar-refractivity contribution in [2.75, 3.05) is 37.7 Å². The minimum absolute atomic E-state index is 0.0362. The number of sulfone groups is 1. The fourth-order valence-corrected chi connectivity index (χ4v) is 4.75. The van der Waals surface area contributed by atoms with Crippen LogP contribution < -0.4 is 5.32 Å². The maximum absolute atomic E-state index is 12.4. The highest BCUT2D eigenvalue weighted by molar-refractivity contribution is 7.91. The van der Waals surface area contributed by atoms with Gasteiger partial charge in [0.15, 0.2) is 9.84 Å². The summed E-state index contributed by atoms with van der Waals surface area (Å²) < 4.78 is 22.9. The lowest BCUT2D eigenvalue weighted by molar-refractivity contribution is -0.135. The SMILES string of the molecule is CCN(CC1CCCNC1)C(=O)C1CCS(=O)(=O)C1. The number of amides is 1. The minimum atomic E-state index is -2.98. The summed E-state index contributed by atoms with van der Waals surface area (Å²) in [4.78, 5) is 14.2. The number of nitrogens with one attached hydrogen (secondary N) is 1. The van der Waals surface area contributed by atoms with Gasteiger partial charge < -0.3 is 10.2 Å². The van der Waals surface area contributed by atoms with E-state index < -0.39 is 9.84 Å². The minimum Gasteiger partial charge on any atom is -0.342 e. The molecule has 0 spiro atoms. The third-order valence-corrected chi connectivity index (χ3v) is 5.92. The smallest absolute Gasteiger partial charge is 0.226 e. The van der Waals surface area contributed by atoms with E-state index in [-0.39, 0.29) is 23.3 Å². The normalized spacial score (nSPS) is 30.2. The van der Waals surface area contributed by atoms with Crippen LogP contribution in [0.4, 0.5) is 0 Å².